The van der Waals surface area contributed by atoms with Crippen LogP contribution in [0.25, 0.3) is 0 Å². The Hall–Kier alpha value is -5.29. The van der Waals surface area contributed by atoms with Gasteiger partial charge >= 0.3 is 5.69 Å². The Balaban J connectivity index is 1.14. The lowest BCUT2D eigenvalue weighted by molar-refractivity contribution is -0.164. The first-order chi connectivity index (χ1) is 24.3. The van der Waals surface area contributed by atoms with E-state index in [1.807, 2.05) is 84.9 Å². The second-order valence-electron chi connectivity index (χ2n) is 13.3. The van der Waals surface area contributed by atoms with Gasteiger partial charge in [0.15, 0.2) is 0 Å². The molecule has 5 atom stereocenters. The summed E-state index contributed by atoms with van der Waals surface area (Å²) >= 11 is 0. The van der Waals surface area contributed by atoms with Crippen molar-refractivity contribution in [3.05, 3.63) is 154 Å². The maximum absolute atomic E-state index is 13.3. The molecule has 0 unspecified atom stereocenters. The molecule has 2 aliphatic carbocycles. The van der Waals surface area contributed by atoms with Gasteiger partial charge in [-0.1, -0.05) is 72.8 Å². The number of carbonyl (C=O) groups excluding carboxylic acids is 1. The van der Waals surface area contributed by atoms with Gasteiger partial charge in [0.2, 0.25) is 0 Å². The topological polar surface area (TPSA) is 121 Å². The van der Waals surface area contributed by atoms with Gasteiger partial charge in [0, 0.05) is 18.2 Å². The van der Waals surface area contributed by atoms with Crippen molar-refractivity contribution in [1.82, 2.24) is 9.55 Å². The average Bonchev–Trinajstić information content (AvgIpc) is 3.61. The highest BCUT2D eigenvalue weighted by Crippen LogP contribution is 2.69. The number of aromatic nitrogens is 2. The molecule has 1 aromatic heterocycles. The van der Waals surface area contributed by atoms with Gasteiger partial charge in [0.1, 0.15) is 40.9 Å². The fraction of sp³-hybridized carbons (Fsp3) is 0.275. The summed E-state index contributed by atoms with van der Waals surface area (Å²) in [4.78, 5) is 30.1. The predicted molar refractivity (Wildman–Crippen MR) is 185 cm³/mol. The molecule has 5 aromatic rings. The largest absolute Gasteiger partial charge is 0.497 e. The van der Waals surface area contributed by atoms with E-state index in [1.165, 1.54) is 4.57 Å². The molecule has 2 saturated carbocycles. The molecule has 2 heterocycles. The molecule has 2 N–H and O–H groups in total. The van der Waals surface area contributed by atoms with Crippen LogP contribution in [0.2, 0.25) is 0 Å². The molecule has 4 aromatic carbocycles. The van der Waals surface area contributed by atoms with E-state index < -0.39 is 34.8 Å². The zero-order valence-electron chi connectivity index (χ0n) is 27.7. The fourth-order valence-electron chi connectivity index (χ4n) is 7.93. The highest BCUT2D eigenvalue weighted by Gasteiger charge is 2.78. The van der Waals surface area contributed by atoms with Crippen LogP contribution in [0.4, 0.5) is 5.82 Å². The molecular weight excluding hydrogens is 634 g/mol. The van der Waals surface area contributed by atoms with Crippen LogP contribution in [-0.4, -0.2) is 52.1 Å². The van der Waals surface area contributed by atoms with E-state index in [2.05, 4.69) is 10.3 Å². The van der Waals surface area contributed by atoms with Crippen LogP contribution in [0.3, 0.4) is 0 Å². The van der Waals surface area contributed by atoms with E-state index in [1.54, 1.807) is 50.7 Å². The number of anilines is 1. The first-order valence-electron chi connectivity index (χ1n) is 16.7. The van der Waals surface area contributed by atoms with Crippen molar-refractivity contribution in [2.75, 3.05) is 19.5 Å². The number of methoxy groups -OCH3 is 2. The van der Waals surface area contributed by atoms with Crippen LogP contribution in [0.1, 0.15) is 52.5 Å². The van der Waals surface area contributed by atoms with Crippen LogP contribution < -0.4 is 20.5 Å². The minimum atomic E-state index is -1.23. The highest BCUT2D eigenvalue weighted by molar-refractivity contribution is 6.03. The lowest BCUT2D eigenvalue weighted by Gasteiger charge is -2.41. The van der Waals surface area contributed by atoms with Crippen molar-refractivity contribution in [1.29, 1.82) is 0 Å². The summed E-state index contributed by atoms with van der Waals surface area (Å²) in [7, 11) is 3.27. The van der Waals surface area contributed by atoms with Gasteiger partial charge in [-0.25, -0.2) is 4.79 Å². The smallest absolute Gasteiger partial charge is 0.351 e. The van der Waals surface area contributed by atoms with E-state index >= 15 is 0 Å². The lowest BCUT2D eigenvalue weighted by Crippen LogP contribution is -2.48. The standard InChI is InChI=1S/C40H37N3O7/c1-47-31-17-13-28(14-18-31)40(27-11-7-4-8-12-27,29-15-19-32(48-2)20-16-29)50-39-24-30(39)23-38(46)25-34(49-36(38)39)43-22-21-33(42-37(43)45)41-35(44)26-9-5-3-6-10-26/h3-22,30,34,36,46H,23-25H2,1-2H3,(H,41,42,44,45)/t30-,34-,36+,38+,39-/m1/s1. The van der Waals surface area contributed by atoms with Gasteiger partial charge in [0.25, 0.3) is 5.91 Å². The number of amides is 1. The van der Waals surface area contributed by atoms with Crippen molar-refractivity contribution in [3.63, 3.8) is 0 Å². The molecule has 10 nitrogen and oxygen atoms in total. The summed E-state index contributed by atoms with van der Waals surface area (Å²) in [5.41, 5.74) is -0.641. The number of hydrogen-bond donors (Lipinski definition) is 2. The number of benzene rings is 4. The average molecular weight is 672 g/mol. The Labute approximate surface area is 289 Å². The number of rotatable bonds is 10. The normalized spacial score (nSPS) is 25.0. The summed E-state index contributed by atoms with van der Waals surface area (Å²) < 4.78 is 26.6. The van der Waals surface area contributed by atoms with Crippen LogP contribution in [0, 0.1) is 5.92 Å². The molecular formula is C40H37N3O7. The molecule has 1 amide bonds. The Morgan fingerprint density at radius 1 is 0.820 bits per heavy atom. The number of nitrogens with zero attached hydrogens (tertiary/aromatic N) is 2. The lowest BCUT2D eigenvalue weighted by atomic mass is 9.79. The minimum Gasteiger partial charge on any atom is -0.497 e. The van der Waals surface area contributed by atoms with Gasteiger partial charge in [0.05, 0.1) is 19.8 Å². The molecule has 3 fully saturated rings. The van der Waals surface area contributed by atoms with Gasteiger partial charge < -0.3 is 29.4 Å². The monoisotopic (exact) mass is 671 g/mol. The number of ether oxygens (including phenoxy) is 4. The van der Waals surface area contributed by atoms with E-state index in [4.69, 9.17) is 18.9 Å². The third kappa shape index (κ3) is 5.27. The van der Waals surface area contributed by atoms with Crippen LogP contribution >= 0.6 is 0 Å². The van der Waals surface area contributed by atoms with Crippen molar-refractivity contribution in [2.45, 2.75) is 48.4 Å². The van der Waals surface area contributed by atoms with Gasteiger partial charge in [-0.2, -0.15) is 4.98 Å². The Bertz CT molecular complexity index is 2020. The maximum atomic E-state index is 13.3. The Morgan fingerprint density at radius 3 is 1.98 bits per heavy atom. The molecule has 254 valence electrons. The van der Waals surface area contributed by atoms with Crippen molar-refractivity contribution in [3.8, 4) is 11.5 Å². The Morgan fingerprint density at radius 2 is 1.40 bits per heavy atom. The maximum Gasteiger partial charge on any atom is 0.351 e. The molecule has 0 bridgehead atoms. The number of carbonyl (C=O) groups is 1. The van der Waals surface area contributed by atoms with E-state index in [9.17, 15) is 14.7 Å². The second kappa shape index (κ2) is 12.2. The highest BCUT2D eigenvalue weighted by atomic mass is 16.6. The van der Waals surface area contributed by atoms with Gasteiger partial charge in [-0.3, -0.25) is 9.36 Å². The summed E-state index contributed by atoms with van der Waals surface area (Å²) in [5.74, 6) is 1.24. The van der Waals surface area contributed by atoms with Gasteiger partial charge in [-0.05, 0) is 77.9 Å². The first-order valence-corrected chi connectivity index (χ1v) is 16.7. The number of nitrogens with one attached hydrogen (secondary N) is 1. The van der Waals surface area contributed by atoms with E-state index in [-0.39, 0.29) is 24.1 Å². The molecule has 0 radical (unpaired) electrons. The first kappa shape index (κ1) is 31.9. The third-order valence-electron chi connectivity index (χ3n) is 10.4. The molecule has 10 heteroatoms. The number of fused-ring (bicyclic) bond motifs is 3. The van der Waals surface area contributed by atoms with E-state index in [0.29, 0.717) is 18.4 Å². The summed E-state index contributed by atoms with van der Waals surface area (Å²) in [6.07, 6.45) is 1.40. The summed E-state index contributed by atoms with van der Waals surface area (Å²) in [6, 6.07) is 36.0. The fourth-order valence-corrected chi connectivity index (χ4v) is 7.93. The van der Waals surface area contributed by atoms with Crippen molar-refractivity contribution in [2.24, 2.45) is 5.92 Å². The number of hydrogen-bond acceptors (Lipinski definition) is 8. The Kier molecular flexibility index (Phi) is 7.82. The van der Waals surface area contributed by atoms with Crippen LogP contribution in [0.5, 0.6) is 11.5 Å². The predicted octanol–water partition coefficient (Wildman–Crippen LogP) is 5.70. The van der Waals surface area contributed by atoms with E-state index in [0.717, 1.165) is 28.2 Å². The molecule has 3 aliphatic rings. The minimum absolute atomic E-state index is 0.0449. The number of aliphatic hydroxyl groups is 1. The van der Waals surface area contributed by atoms with Gasteiger partial charge in [-0.15, -0.1) is 0 Å². The summed E-state index contributed by atoms with van der Waals surface area (Å²) in [6.45, 7) is 0. The quantitative estimate of drug-likeness (QED) is 0.182. The van der Waals surface area contributed by atoms with Crippen LogP contribution in [0.15, 0.2) is 126 Å². The second-order valence-corrected chi connectivity index (χ2v) is 13.3. The molecule has 1 saturated heterocycles. The van der Waals surface area contributed by atoms with Crippen molar-refractivity contribution >= 4 is 11.7 Å². The zero-order chi connectivity index (χ0) is 34.5. The zero-order valence-corrected chi connectivity index (χ0v) is 27.7. The molecule has 0 spiro atoms. The molecule has 50 heavy (non-hydrogen) atoms. The van der Waals surface area contributed by atoms with Crippen molar-refractivity contribution < 1.29 is 28.8 Å². The molecule has 8 rings (SSSR count). The SMILES string of the molecule is COc1ccc(C(O[C@]23C[C@H]2C[C@]2(O)C[C@H](n4ccc(NC(=O)c5ccccc5)nc4=O)O[C@@H]23)(c2ccccc2)c2ccc(OC)cc2)cc1. The summed E-state index contributed by atoms with van der Waals surface area (Å²) in [5, 5.41) is 14.8. The molecule has 1 aliphatic heterocycles. The van der Waals surface area contributed by atoms with Crippen LogP contribution in [-0.2, 0) is 15.1 Å². The third-order valence-corrected chi connectivity index (χ3v) is 10.4.